The molecule has 1 amide bonds. The SMILES string of the molecule is O=C(COc1ncnc2ccccc12)Nc1cccc(S(=O)(=O)N2CCCCC2)c1. The Bertz CT molecular complexity index is 1160. The molecule has 1 N–H and O–H groups in total. The van der Waals surface area contributed by atoms with E-state index in [9.17, 15) is 13.2 Å². The number of anilines is 1. The van der Waals surface area contributed by atoms with Crippen LogP contribution in [0.5, 0.6) is 5.88 Å². The first-order valence-electron chi connectivity index (χ1n) is 9.77. The quantitative estimate of drug-likeness (QED) is 0.650. The molecule has 2 aromatic carbocycles. The second-order valence-corrected chi connectivity index (χ2v) is 8.96. The van der Waals surface area contributed by atoms with Crippen molar-refractivity contribution in [3.63, 3.8) is 0 Å². The van der Waals surface area contributed by atoms with Crippen molar-refractivity contribution >= 4 is 32.5 Å². The van der Waals surface area contributed by atoms with Crippen LogP contribution >= 0.6 is 0 Å². The highest BCUT2D eigenvalue weighted by Crippen LogP contribution is 2.23. The Morgan fingerprint density at radius 1 is 1.03 bits per heavy atom. The Kier molecular flexibility index (Phi) is 5.91. The van der Waals surface area contributed by atoms with E-state index in [4.69, 9.17) is 4.74 Å². The zero-order valence-electron chi connectivity index (χ0n) is 16.3. The van der Waals surface area contributed by atoms with Crippen LogP contribution in [0.3, 0.4) is 0 Å². The molecule has 2 heterocycles. The molecule has 0 saturated carbocycles. The second kappa shape index (κ2) is 8.76. The maximum Gasteiger partial charge on any atom is 0.262 e. The van der Waals surface area contributed by atoms with Crippen molar-refractivity contribution in [2.24, 2.45) is 0 Å². The van der Waals surface area contributed by atoms with Crippen LogP contribution in [-0.2, 0) is 14.8 Å². The summed E-state index contributed by atoms with van der Waals surface area (Å²) in [6.45, 7) is 0.795. The molecule has 0 bridgehead atoms. The lowest BCUT2D eigenvalue weighted by Crippen LogP contribution is -2.35. The molecule has 0 aliphatic carbocycles. The van der Waals surface area contributed by atoms with Crippen molar-refractivity contribution in [2.75, 3.05) is 25.0 Å². The third kappa shape index (κ3) is 4.42. The highest BCUT2D eigenvalue weighted by atomic mass is 32.2. The predicted molar refractivity (Wildman–Crippen MR) is 113 cm³/mol. The minimum absolute atomic E-state index is 0.171. The van der Waals surface area contributed by atoms with Crippen LogP contribution in [0.15, 0.2) is 59.8 Å². The number of rotatable bonds is 6. The number of carbonyl (C=O) groups is 1. The Morgan fingerprint density at radius 2 is 1.83 bits per heavy atom. The predicted octanol–water partition coefficient (Wildman–Crippen LogP) is 2.82. The minimum Gasteiger partial charge on any atom is -0.467 e. The number of hydrogen-bond acceptors (Lipinski definition) is 6. The van der Waals surface area contributed by atoms with Crippen LogP contribution in [0, 0.1) is 0 Å². The number of piperidine rings is 1. The summed E-state index contributed by atoms with van der Waals surface area (Å²) in [6.07, 6.45) is 4.16. The third-order valence-electron chi connectivity index (χ3n) is 4.92. The highest BCUT2D eigenvalue weighted by Gasteiger charge is 2.26. The highest BCUT2D eigenvalue weighted by molar-refractivity contribution is 7.89. The lowest BCUT2D eigenvalue weighted by molar-refractivity contribution is -0.118. The summed E-state index contributed by atoms with van der Waals surface area (Å²) in [5.74, 6) is -0.0950. The molecule has 156 valence electrons. The van der Waals surface area contributed by atoms with Gasteiger partial charge in [0.1, 0.15) is 6.33 Å². The summed E-state index contributed by atoms with van der Waals surface area (Å²) in [7, 11) is -3.57. The number of fused-ring (bicyclic) bond motifs is 1. The van der Waals surface area contributed by atoms with Gasteiger partial charge in [0.15, 0.2) is 6.61 Å². The maximum absolute atomic E-state index is 12.8. The van der Waals surface area contributed by atoms with Crippen LogP contribution in [0.2, 0.25) is 0 Å². The normalized spacial score (nSPS) is 15.1. The first kappa shape index (κ1) is 20.2. The van der Waals surface area contributed by atoms with E-state index in [1.807, 2.05) is 24.3 Å². The molecule has 1 saturated heterocycles. The standard InChI is InChI=1S/C21H22N4O4S/c26-20(14-29-21-18-9-2-3-10-19(18)22-15-23-21)24-16-7-6-8-17(13-16)30(27,28)25-11-4-1-5-12-25/h2-3,6-10,13,15H,1,4-5,11-12,14H2,(H,24,26). The summed E-state index contributed by atoms with van der Waals surface area (Å²) in [5.41, 5.74) is 1.12. The van der Waals surface area contributed by atoms with Crippen molar-refractivity contribution in [1.82, 2.24) is 14.3 Å². The summed E-state index contributed by atoms with van der Waals surface area (Å²) in [6, 6.07) is 13.6. The fourth-order valence-corrected chi connectivity index (χ4v) is 4.98. The monoisotopic (exact) mass is 426 g/mol. The molecule has 1 aliphatic heterocycles. The number of aromatic nitrogens is 2. The molecule has 1 aliphatic rings. The number of amides is 1. The van der Waals surface area contributed by atoms with E-state index in [1.165, 1.54) is 16.7 Å². The molecule has 0 unspecified atom stereocenters. The number of nitrogens with one attached hydrogen (secondary N) is 1. The van der Waals surface area contributed by atoms with Crippen molar-refractivity contribution in [3.05, 3.63) is 54.9 Å². The Morgan fingerprint density at radius 3 is 2.67 bits per heavy atom. The summed E-state index contributed by atoms with van der Waals surface area (Å²) >= 11 is 0. The van der Waals surface area contributed by atoms with Gasteiger partial charge >= 0.3 is 0 Å². The van der Waals surface area contributed by atoms with Gasteiger partial charge in [0.2, 0.25) is 15.9 Å². The van der Waals surface area contributed by atoms with E-state index in [2.05, 4.69) is 15.3 Å². The summed E-state index contributed by atoms with van der Waals surface area (Å²) < 4.78 is 32.7. The summed E-state index contributed by atoms with van der Waals surface area (Å²) in [4.78, 5) is 20.8. The average molecular weight is 426 g/mol. The number of sulfonamides is 1. The Hall–Kier alpha value is -3.04. The molecule has 0 atom stereocenters. The third-order valence-corrected chi connectivity index (χ3v) is 6.81. The van der Waals surface area contributed by atoms with Gasteiger partial charge in [-0.05, 0) is 43.2 Å². The first-order valence-corrected chi connectivity index (χ1v) is 11.2. The van der Waals surface area contributed by atoms with Crippen LogP contribution < -0.4 is 10.1 Å². The minimum atomic E-state index is -3.57. The molecule has 0 spiro atoms. The van der Waals surface area contributed by atoms with E-state index >= 15 is 0 Å². The van der Waals surface area contributed by atoms with Gasteiger partial charge in [-0.3, -0.25) is 4.79 Å². The number of ether oxygens (including phenoxy) is 1. The van der Waals surface area contributed by atoms with Crippen molar-refractivity contribution in [1.29, 1.82) is 0 Å². The van der Waals surface area contributed by atoms with Gasteiger partial charge in [-0.25, -0.2) is 18.4 Å². The van der Waals surface area contributed by atoms with E-state index in [-0.39, 0.29) is 11.5 Å². The van der Waals surface area contributed by atoms with Gasteiger partial charge in [-0.2, -0.15) is 4.31 Å². The number of carbonyl (C=O) groups excluding carboxylic acids is 1. The van der Waals surface area contributed by atoms with Crippen molar-refractivity contribution in [2.45, 2.75) is 24.2 Å². The molecule has 30 heavy (non-hydrogen) atoms. The second-order valence-electron chi connectivity index (χ2n) is 7.03. The molecule has 0 radical (unpaired) electrons. The number of nitrogens with zero attached hydrogens (tertiary/aromatic N) is 3. The zero-order chi connectivity index (χ0) is 21.0. The van der Waals surface area contributed by atoms with Crippen LogP contribution in [0.25, 0.3) is 10.9 Å². The van der Waals surface area contributed by atoms with Gasteiger partial charge in [0.05, 0.1) is 15.8 Å². The fourth-order valence-electron chi connectivity index (χ4n) is 3.41. The topological polar surface area (TPSA) is 101 Å². The van der Waals surface area contributed by atoms with E-state index in [0.29, 0.717) is 30.0 Å². The van der Waals surface area contributed by atoms with Crippen molar-refractivity contribution in [3.8, 4) is 5.88 Å². The van der Waals surface area contributed by atoms with Crippen LogP contribution in [0.1, 0.15) is 19.3 Å². The Balaban J connectivity index is 1.43. The van der Waals surface area contributed by atoms with Gasteiger partial charge in [-0.1, -0.05) is 24.6 Å². The van der Waals surface area contributed by atoms with Gasteiger partial charge in [0.25, 0.3) is 5.91 Å². The number of para-hydroxylation sites is 1. The molecule has 3 aromatic rings. The zero-order valence-corrected chi connectivity index (χ0v) is 17.1. The van der Waals surface area contributed by atoms with E-state index in [1.54, 1.807) is 18.2 Å². The lowest BCUT2D eigenvalue weighted by atomic mass is 10.2. The first-order chi connectivity index (χ1) is 14.5. The molecule has 9 heteroatoms. The molecule has 1 fully saturated rings. The maximum atomic E-state index is 12.8. The van der Waals surface area contributed by atoms with Crippen LogP contribution in [0.4, 0.5) is 5.69 Å². The molecule has 1 aromatic heterocycles. The van der Waals surface area contributed by atoms with Crippen molar-refractivity contribution < 1.29 is 17.9 Å². The van der Waals surface area contributed by atoms with Gasteiger partial charge < -0.3 is 10.1 Å². The largest absolute Gasteiger partial charge is 0.467 e. The molecular formula is C21H22N4O4S. The molecular weight excluding hydrogens is 404 g/mol. The molecule has 8 nitrogen and oxygen atoms in total. The summed E-state index contributed by atoms with van der Waals surface area (Å²) in [5, 5.41) is 3.40. The molecule has 4 rings (SSSR count). The lowest BCUT2D eigenvalue weighted by Gasteiger charge is -2.26. The smallest absolute Gasteiger partial charge is 0.262 e. The average Bonchev–Trinajstić information content (AvgIpc) is 2.78. The Labute approximate surface area is 175 Å². The van der Waals surface area contributed by atoms with Crippen LogP contribution in [-0.4, -0.2) is 48.3 Å². The van der Waals surface area contributed by atoms with Gasteiger partial charge in [0, 0.05) is 18.8 Å². The van der Waals surface area contributed by atoms with E-state index in [0.717, 1.165) is 24.8 Å². The van der Waals surface area contributed by atoms with Gasteiger partial charge in [-0.15, -0.1) is 0 Å². The number of benzene rings is 2. The number of hydrogen-bond donors (Lipinski definition) is 1. The fraction of sp³-hybridized carbons (Fsp3) is 0.286. The van der Waals surface area contributed by atoms with E-state index < -0.39 is 15.9 Å².